The molecule has 1 aromatic carbocycles. The highest BCUT2D eigenvalue weighted by atomic mass is 16.7. The first-order valence-electron chi connectivity index (χ1n) is 9.41. The van der Waals surface area contributed by atoms with Gasteiger partial charge in [-0.2, -0.15) is 0 Å². The molecule has 3 rings (SSSR count). The molecule has 6 nitrogen and oxygen atoms in total. The van der Waals surface area contributed by atoms with E-state index in [9.17, 15) is 0 Å². The van der Waals surface area contributed by atoms with Gasteiger partial charge in [0, 0.05) is 36.8 Å². The van der Waals surface area contributed by atoms with Gasteiger partial charge in [0.25, 0.3) is 0 Å². The summed E-state index contributed by atoms with van der Waals surface area (Å²) in [5.41, 5.74) is 2.13. The number of ether oxygens (including phenoxy) is 2. The molecule has 0 amide bonds. The predicted octanol–water partition coefficient (Wildman–Crippen LogP) is 2.89. The van der Waals surface area contributed by atoms with Crippen LogP contribution in [-0.2, 0) is 11.8 Å². The fraction of sp³-hybridized carbons (Fsp3) is 0.429. The van der Waals surface area contributed by atoms with Gasteiger partial charge in [-0.3, -0.25) is 9.98 Å². The normalized spacial score (nSPS) is 13.5. The summed E-state index contributed by atoms with van der Waals surface area (Å²) in [6.45, 7) is 9.00. The molecule has 2 aromatic rings. The number of rotatable bonds is 7. The van der Waals surface area contributed by atoms with E-state index in [1.165, 1.54) is 5.56 Å². The molecule has 0 radical (unpaired) electrons. The number of pyridine rings is 1. The Morgan fingerprint density at radius 3 is 2.78 bits per heavy atom. The van der Waals surface area contributed by atoms with Gasteiger partial charge >= 0.3 is 0 Å². The van der Waals surface area contributed by atoms with Gasteiger partial charge in [0.05, 0.1) is 6.54 Å². The number of nitrogens with zero attached hydrogens (tertiary/aromatic N) is 2. The van der Waals surface area contributed by atoms with Crippen LogP contribution in [0.25, 0.3) is 0 Å². The molecule has 144 valence electrons. The lowest BCUT2D eigenvalue weighted by Gasteiger charge is -2.24. The van der Waals surface area contributed by atoms with Crippen molar-refractivity contribution in [3.05, 3.63) is 53.9 Å². The van der Waals surface area contributed by atoms with Crippen LogP contribution in [0.15, 0.2) is 47.6 Å². The molecule has 2 N–H and O–H groups in total. The molecule has 0 atom stereocenters. The number of benzene rings is 1. The van der Waals surface area contributed by atoms with E-state index in [0.717, 1.165) is 42.7 Å². The number of fused-ring (bicyclic) bond motifs is 1. The van der Waals surface area contributed by atoms with Gasteiger partial charge in [0.15, 0.2) is 17.5 Å². The third-order valence-corrected chi connectivity index (χ3v) is 4.53. The van der Waals surface area contributed by atoms with Gasteiger partial charge < -0.3 is 20.1 Å². The Balaban J connectivity index is 1.61. The average Bonchev–Trinajstić information content (AvgIpc) is 3.15. The molecular formula is C21H28N4O2. The molecule has 1 aromatic heterocycles. The number of aromatic nitrogens is 1. The van der Waals surface area contributed by atoms with E-state index in [4.69, 9.17) is 14.5 Å². The van der Waals surface area contributed by atoms with Gasteiger partial charge in [-0.1, -0.05) is 26.0 Å². The molecule has 0 unspecified atom stereocenters. The minimum atomic E-state index is -0.121. The zero-order valence-electron chi connectivity index (χ0n) is 16.3. The van der Waals surface area contributed by atoms with Crippen LogP contribution in [0.2, 0.25) is 0 Å². The maximum atomic E-state index is 5.50. The smallest absolute Gasteiger partial charge is 0.231 e. The number of guanidine groups is 1. The molecule has 0 saturated heterocycles. The highest BCUT2D eigenvalue weighted by molar-refractivity contribution is 5.79. The van der Waals surface area contributed by atoms with Crippen molar-refractivity contribution in [2.24, 2.45) is 4.99 Å². The standard InChI is InChI=1S/C21H28N4O2/c1-4-22-20(24-12-10-17-7-5-6-11-23-17)25-14-21(2,3)16-8-9-18-19(13-16)27-15-26-18/h5-9,11,13H,4,10,12,14-15H2,1-3H3,(H2,22,24,25). The van der Waals surface area contributed by atoms with Crippen LogP contribution >= 0.6 is 0 Å². The summed E-state index contributed by atoms with van der Waals surface area (Å²) >= 11 is 0. The van der Waals surface area contributed by atoms with E-state index in [1.807, 2.05) is 30.5 Å². The zero-order valence-corrected chi connectivity index (χ0v) is 16.3. The minimum absolute atomic E-state index is 0.121. The Hall–Kier alpha value is -2.76. The van der Waals surface area contributed by atoms with Gasteiger partial charge in [-0.05, 0) is 36.8 Å². The van der Waals surface area contributed by atoms with Crippen molar-refractivity contribution in [3.63, 3.8) is 0 Å². The Morgan fingerprint density at radius 1 is 1.15 bits per heavy atom. The molecule has 0 saturated carbocycles. The molecule has 1 aliphatic rings. The maximum Gasteiger partial charge on any atom is 0.231 e. The number of aliphatic imine (C=N–C) groups is 1. The molecule has 0 spiro atoms. The monoisotopic (exact) mass is 368 g/mol. The SMILES string of the molecule is CCNC(=NCC(C)(C)c1ccc2c(c1)OCO2)NCCc1ccccn1. The van der Waals surface area contributed by atoms with Crippen molar-refractivity contribution >= 4 is 5.96 Å². The van der Waals surface area contributed by atoms with E-state index < -0.39 is 0 Å². The topological polar surface area (TPSA) is 67.8 Å². The lowest BCUT2D eigenvalue weighted by Crippen LogP contribution is -2.39. The maximum absolute atomic E-state index is 5.50. The molecular weight excluding hydrogens is 340 g/mol. The number of nitrogens with one attached hydrogen (secondary N) is 2. The van der Waals surface area contributed by atoms with Crippen molar-refractivity contribution in [1.29, 1.82) is 0 Å². The van der Waals surface area contributed by atoms with E-state index in [0.29, 0.717) is 13.3 Å². The van der Waals surface area contributed by atoms with Gasteiger partial charge in [0.1, 0.15) is 0 Å². The van der Waals surface area contributed by atoms with Crippen molar-refractivity contribution in [2.45, 2.75) is 32.6 Å². The fourth-order valence-corrected chi connectivity index (χ4v) is 2.88. The Kier molecular flexibility index (Phi) is 6.16. The second-order valence-corrected chi connectivity index (χ2v) is 7.14. The summed E-state index contributed by atoms with van der Waals surface area (Å²) in [6, 6.07) is 12.1. The van der Waals surface area contributed by atoms with Crippen LogP contribution in [-0.4, -0.2) is 37.4 Å². The van der Waals surface area contributed by atoms with Crippen molar-refractivity contribution in [3.8, 4) is 11.5 Å². The van der Waals surface area contributed by atoms with Crippen molar-refractivity contribution in [1.82, 2.24) is 15.6 Å². The molecule has 1 aliphatic heterocycles. The molecule has 0 aliphatic carbocycles. The van der Waals surface area contributed by atoms with Crippen LogP contribution in [0.4, 0.5) is 0 Å². The van der Waals surface area contributed by atoms with E-state index >= 15 is 0 Å². The summed E-state index contributed by atoms with van der Waals surface area (Å²) < 4.78 is 10.9. The third kappa shape index (κ3) is 5.12. The Labute approximate surface area is 161 Å². The van der Waals surface area contributed by atoms with Crippen LogP contribution in [0.3, 0.4) is 0 Å². The van der Waals surface area contributed by atoms with Crippen LogP contribution in [0.1, 0.15) is 32.0 Å². The summed E-state index contributed by atoms with van der Waals surface area (Å²) in [5, 5.41) is 6.70. The van der Waals surface area contributed by atoms with E-state index in [-0.39, 0.29) is 5.41 Å². The third-order valence-electron chi connectivity index (χ3n) is 4.53. The first-order valence-corrected chi connectivity index (χ1v) is 9.41. The first-order chi connectivity index (χ1) is 13.1. The number of hydrogen-bond acceptors (Lipinski definition) is 4. The molecule has 2 heterocycles. The largest absolute Gasteiger partial charge is 0.454 e. The van der Waals surface area contributed by atoms with Crippen LogP contribution < -0.4 is 20.1 Å². The quantitative estimate of drug-likeness (QED) is 0.581. The Morgan fingerprint density at radius 2 is 2.00 bits per heavy atom. The van der Waals surface area contributed by atoms with Gasteiger partial charge in [-0.15, -0.1) is 0 Å². The van der Waals surface area contributed by atoms with E-state index in [1.54, 1.807) is 0 Å². The lowest BCUT2D eigenvalue weighted by molar-refractivity contribution is 0.174. The molecule has 0 bridgehead atoms. The lowest BCUT2D eigenvalue weighted by atomic mass is 9.84. The first kappa shape index (κ1) is 19.0. The summed E-state index contributed by atoms with van der Waals surface area (Å²) in [7, 11) is 0. The highest BCUT2D eigenvalue weighted by Crippen LogP contribution is 2.36. The molecule has 27 heavy (non-hydrogen) atoms. The minimum Gasteiger partial charge on any atom is -0.454 e. The van der Waals surface area contributed by atoms with Crippen LogP contribution in [0, 0.1) is 0 Å². The zero-order chi connectivity index (χ0) is 19.1. The summed E-state index contributed by atoms with van der Waals surface area (Å²) in [4.78, 5) is 9.14. The highest BCUT2D eigenvalue weighted by Gasteiger charge is 2.24. The van der Waals surface area contributed by atoms with Gasteiger partial charge in [-0.25, -0.2) is 0 Å². The van der Waals surface area contributed by atoms with Crippen LogP contribution in [0.5, 0.6) is 11.5 Å². The van der Waals surface area contributed by atoms with E-state index in [2.05, 4.69) is 48.5 Å². The fourth-order valence-electron chi connectivity index (χ4n) is 2.88. The molecule has 0 fully saturated rings. The Bertz CT molecular complexity index is 775. The van der Waals surface area contributed by atoms with Gasteiger partial charge in [0.2, 0.25) is 6.79 Å². The molecule has 6 heteroatoms. The summed E-state index contributed by atoms with van der Waals surface area (Å²) in [5.74, 6) is 2.44. The van der Waals surface area contributed by atoms with Crippen molar-refractivity contribution in [2.75, 3.05) is 26.4 Å². The average molecular weight is 368 g/mol. The second kappa shape index (κ2) is 8.75. The predicted molar refractivity (Wildman–Crippen MR) is 108 cm³/mol. The summed E-state index contributed by atoms with van der Waals surface area (Å²) in [6.07, 6.45) is 2.68. The number of hydrogen-bond donors (Lipinski definition) is 2. The van der Waals surface area contributed by atoms with Crippen molar-refractivity contribution < 1.29 is 9.47 Å². The second-order valence-electron chi connectivity index (χ2n) is 7.14.